The number of hydrogen-bond acceptors (Lipinski definition) is 12. The van der Waals surface area contributed by atoms with Crippen molar-refractivity contribution in [1.82, 2.24) is 4.90 Å². The number of allylic oxidation sites excluding steroid dienone is 3. The predicted octanol–water partition coefficient (Wildman–Crippen LogP) is 3.44. The first-order valence-corrected chi connectivity index (χ1v) is 17.7. The fourth-order valence-corrected chi connectivity index (χ4v) is 7.05. The molecule has 9 unspecified atom stereocenters. The number of ether oxygens (including phenoxy) is 7. The summed E-state index contributed by atoms with van der Waals surface area (Å²) in [6.07, 6.45) is 5.21. The van der Waals surface area contributed by atoms with E-state index in [1.165, 1.54) is 20.3 Å². The molecule has 280 valence electrons. The fraction of sp³-hybridized carbons (Fsp3) is 0.784. The number of carbonyl (C=O) groups excluding carboxylic acids is 2. The van der Waals surface area contributed by atoms with Crippen molar-refractivity contribution < 1.29 is 53.0 Å². The molecule has 2 saturated heterocycles. The van der Waals surface area contributed by atoms with Gasteiger partial charge in [-0.3, -0.25) is 4.79 Å². The van der Waals surface area contributed by atoms with E-state index in [9.17, 15) is 19.8 Å². The van der Waals surface area contributed by atoms with Crippen LogP contribution in [-0.4, -0.2) is 129 Å². The van der Waals surface area contributed by atoms with Crippen molar-refractivity contribution in [3.05, 3.63) is 36.5 Å². The summed E-state index contributed by atoms with van der Waals surface area (Å²) in [5, 5.41) is 21.7. The van der Waals surface area contributed by atoms with E-state index < -0.39 is 67.2 Å². The van der Waals surface area contributed by atoms with Crippen molar-refractivity contribution in [2.24, 2.45) is 23.7 Å². The van der Waals surface area contributed by atoms with Crippen molar-refractivity contribution in [3.8, 4) is 0 Å². The highest BCUT2D eigenvalue weighted by atomic mass is 16.7. The largest absolute Gasteiger partial charge is 0.459 e. The maximum absolute atomic E-state index is 13.3. The molecule has 3 heterocycles. The lowest BCUT2D eigenvalue weighted by molar-refractivity contribution is -0.304. The number of cyclic esters (lactones) is 1. The van der Waals surface area contributed by atoms with Gasteiger partial charge in [0.2, 0.25) is 0 Å². The first-order chi connectivity index (χ1) is 23.2. The Morgan fingerprint density at radius 2 is 1.55 bits per heavy atom. The Balaban J connectivity index is 1.85. The van der Waals surface area contributed by atoms with Crippen LogP contribution in [0.1, 0.15) is 60.8 Å². The SMILES string of the molecule is CC[C@H]1OC(=O)/C=C/[C@H](C)[C@@H](OC2OC(C)CC(N(C)C)C2O)[C@@H](C)C[C@@H](C)C(=O)/C=C/C=C/[C@@H]1COC1OC(C)C(O)C(OC)C1OC. The van der Waals surface area contributed by atoms with E-state index in [0.717, 1.165) is 0 Å². The number of hydrogen-bond donors (Lipinski definition) is 2. The van der Waals surface area contributed by atoms with Gasteiger partial charge in [0.25, 0.3) is 0 Å². The minimum absolute atomic E-state index is 0.0243. The van der Waals surface area contributed by atoms with Crippen molar-refractivity contribution in [2.75, 3.05) is 34.9 Å². The van der Waals surface area contributed by atoms with Gasteiger partial charge in [-0.2, -0.15) is 0 Å². The van der Waals surface area contributed by atoms with Gasteiger partial charge in [0.05, 0.1) is 24.9 Å². The molecule has 0 radical (unpaired) electrons. The number of nitrogens with zero attached hydrogens (tertiary/aromatic N) is 1. The molecule has 2 N–H and O–H groups in total. The summed E-state index contributed by atoms with van der Waals surface area (Å²) in [6, 6.07) is -0.140. The number of carbonyl (C=O) groups is 2. The lowest BCUT2D eigenvalue weighted by atomic mass is 9.84. The van der Waals surface area contributed by atoms with Crippen LogP contribution < -0.4 is 0 Å². The van der Waals surface area contributed by atoms with Crippen LogP contribution in [0.15, 0.2) is 36.5 Å². The first kappa shape index (κ1) is 41.4. The van der Waals surface area contributed by atoms with Crippen molar-refractivity contribution in [1.29, 1.82) is 0 Å². The summed E-state index contributed by atoms with van der Waals surface area (Å²) in [4.78, 5) is 28.4. The van der Waals surface area contributed by atoms with E-state index in [-0.39, 0.29) is 42.3 Å². The van der Waals surface area contributed by atoms with Gasteiger partial charge in [-0.25, -0.2) is 4.79 Å². The molecule has 0 amide bonds. The Labute approximate surface area is 292 Å². The maximum atomic E-state index is 13.3. The quantitative estimate of drug-likeness (QED) is 0.342. The lowest BCUT2D eigenvalue weighted by Crippen LogP contribution is -2.59. The third kappa shape index (κ3) is 11.2. The minimum Gasteiger partial charge on any atom is -0.459 e. The number of methoxy groups -OCH3 is 2. The second-order valence-electron chi connectivity index (χ2n) is 14.1. The van der Waals surface area contributed by atoms with E-state index >= 15 is 0 Å². The van der Waals surface area contributed by atoms with Crippen LogP contribution in [-0.2, 0) is 42.7 Å². The highest BCUT2D eigenvalue weighted by molar-refractivity contribution is 5.91. The molecule has 0 bridgehead atoms. The van der Waals surface area contributed by atoms with E-state index in [1.807, 2.05) is 59.7 Å². The molecule has 0 aliphatic carbocycles. The summed E-state index contributed by atoms with van der Waals surface area (Å²) in [5.74, 6) is -1.62. The van der Waals surface area contributed by atoms with Gasteiger partial charge in [-0.1, -0.05) is 52.0 Å². The van der Waals surface area contributed by atoms with Crippen LogP contribution in [0.25, 0.3) is 0 Å². The van der Waals surface area contributed by atoms with Gasteiger partial charge in [0, 0.05) is 44.1 Å². The third-order valence-electron chi connectivity index (χ3n) is 10.0. The number of aliphatic hydroxyl groups is 2. The topological polar surface area (TPSA) is 142 Å². The Kier molecular flexibility index (Phi) is 16.5. The van der Waals surface area contributed by atoms with E-state index in [2.05, 4.69) is 0 Å². The molecule has 12 heteroatoms. The second-order valence-corrected chi connectivity index (χ2v) is 14.1. The molecule has 3 rings (SSSR count). The average molecular weight is 696 g/mol. The molecule has 15 atom stereocenters. The zero-order valence-electron chi connectivity index (χ0n) is 31.0. The number of likely N-dealkylation sites (N-methyl/N-ethyl adjacent to an activating group) is 1. The van der Waals surface area contributed by atoms with Gasteiger partial charge in [-0.15, -0.1) is 0 Å². The molecular formula is C37H61NO11. The number of ketones is 1. The molecule has 0 saturated carbocycles. The fourth-order valence-electron chi connectivity index (χ4n) is 7.05. The average Bonchev–Trinajstić information content (AvgIpc) is 3.06. The van der Waals surface area contributed by atoms with Gasteiger partial charge < -0.3 is 48.3 Å². The molecule has 3 aliphatic rings. The second kappa shape index (κ2) is 19.6. The zero-order chi connectivity index (χ0) is 36.4. The first-order valence-electron chi connectivity index (χ1n) is 17.7. The third-order valence-corrected chi connectivity index (χ3v) is 10.0. The normalized spacial score (nSPS) is 43.6. The van der Waals surface area contributed by atoms with Crippen LogP contribution in [0.2, 0.25) is 0 Å². The van der Waals surface area contributed by atoms with Gasteiger partial charge in [0.1, 0.15) is 30.5 Å². The smallest absolute Gasteiger partial charge is 0.330 e. The van der Waals surface area contributed by atoms with Crippen molar-refractivity contribution >= 4 is 11.8 Å². The van der Waals surface area contributed by atoms with E-state index in [1.54, 1.807) is 31.2 Å². The molecular weight excluding hydrogens is 634 g/mol. The Hall–Kier alpha value is -2.00. The standard InChI is InChI=1S/C37H61NO11/c1-11-29-26(20-45-37-35(44-10)34(43-9)31(41)25(6)47-37)14-12-13-15-28(39)22(3)18-23(4)33(21(2)16-17-30(40)48-29)49-36-32(42)27(38(7)8)19-24(5)46-36/h12-17,21-27,29,31-37,41-42H,11,18-20H2,1-10H3/b14-12+,15-13+,17-16+/t21-,22+,23-,24?,25?,26+,27?,29+,31?,32?,33+,34?,35?,36?,37?/m0/s1. The van der Waals surface area contributed by atoms with Gasteiger partial charge >= 0.3 is 5.97 Å². The molecule has 0 aromatic carbocycles. The van der Waals surface area contributed by atoms with Gasteiger partial charge in [-0.05, 0) is 59.2 Å². The molecule has 0 spiro atoms. The summed E-state index contributed by atoms with van der Waals surface area (Å²) in [6.45, 7) is 11.6. The number of aliphatic hydroxyl groups excluding tert-OH is 2. The van der Waals surface area contributed by atoms with E-state index in [0.29, 0.717) is 19.3 Å². The number of esters is 1. The molecule has 2 fully saturated rings. The van der Waals surface area contributed by atoms with Crippen LogP contribution in [0.4, 0.5) is 0 Å². The van der Waals surface area contributed by atoms with Crippen molar-refractivity contribution in [2.45, 2.75) is 128 Å². The van der Waals surface area contributed by atoms with Crippen LogP contribution in [0.3, 0.4) is 0 Å². The maximum Gasteiger partial charge on any atom is 0.330 e. The minimum atomic E-state index is -0.896. The molecule has 0 aromatic heterocycles. The Morgan fingerprint density at radius 1 is 0.857 bits per heavy atom. The van der Waals surface area contributed by atoms with Crippen LogP contribution in [0, 0.1) is 23.7 Å². The summed E-state index contributed by atoms with van der Waals surface area (Å²) in [5.41, 5.74) is 0. The van der Waals surface area contributed by atoms with E-state index in [4.69, 9.17) is 33.2 Å². The highest BCUT2D eigenvalue weighted by Crippen LogP contribution is 2.32. The number of rotatable bonds is 9. The monoisotopic (exact) mass is 695 g/mol. The van der Waals surface area contributed by atoms with Crippen LogP contribution >= 0.6 is 0 Å². The summed E-state index contributed by atoms with van der Waals surface area (Å²) in [7, 11) is 6.85. The van der Waals surface area contributed by atoms with Crippen LogP contribution in [0.5, 0.6) is 0 Å². The summed E-state index contributed by atoms with van der Waals surface area (Å²) < 4.78 is 41.8. The zero-order valence-corrected chi connectivity index (χ0v) is 31.0. The molecule has 12 nitrogen and oxygen atoms in total. The molecule has 49 heavy (non-hydrogen) atoms. The van der Waals surface area contributed by atoms with Gasteiger partial charge in [0.15, 0.2) is 18.4 Å². The summed E-state index contributed by atoms with van der Waals surface area (Å²) >= 11 is 0. The Bertz CT molecular complexity index is 1130. The Morgan fingerprint density at radius 3 is 2.18 bits per heavy atom. The molecule has 0 aromatic rings. The van der Waals surface area contributed by atoms with Crippen molar-refractivity contribution in [3.63, 3.8) is 0 Å². The highest BCUT2D eigenvalue weighted by Gasteiger charge is 2.45. The molecule has 3 aliphatic heterocycles. The predicted molar refractivity (Wildman–Crippen MR) is 183 cm³/mol. The lowest BCUT2D eigenvalue weighted by Gasteiger charge is -2.43.